The van der Waals surface area contributed by atoms with Crippen LogP contribution in [0.1, 0.15) is 72.1 Å². The molecule has 1 heterocycles. The van der Waals surface area contributed by atoms with Gasteiger partial charge < -0.3 is 10.1 Å². The number of hydrogen-bond acceptors (Lipinski definition) is 2. The second kappa shape index (κ2) is 5.92. The normalized spacial score (nSPS) is 27.8. The van der Waals surface area contributed by atoms with E-state index in [1.807, 2.05) is 0 Å². The van der Waals surface area contributed by atoms with Crippen LogP contribution in [0.4, 0.5) is 0 Å². The summed E-state index contributed by atoms with van der Waals surface area (Å²) in [5, 5.41) is 3.48. The molecule has 1 saturated carbocycles. The highest BCUT2D eigenvalue weighted by Crippen LogP contribution is 2.44. The van der Waals surface area contributed by atoms with Crippen LogP contribution in [0.25, 0.3) is 0 Å². The molecular weight excluding hydrogens is 222 g/mol. The highest BCUT2D eigenvalue weighted by Gasteiger charge is 2.42. The lowest BCUT2D eigenvalue weighted by Gasteiger charge is -2.35. The van der Waals surface area contributed by atoms with Crippen molar-refractivity contribution in [3.63, 3.8) is 0 Å². The average molecular weight is 253 g/mol. The van der Waals surface area contributed by atoms with E-state index in [0.29, 0.717) is 11.5 Å². The number of rotatable bonds is 5. The molecule has 0 amide bonds. The first-order valence-electron chi connectivity index (χ1n) is 7.94. The van der Waals surface area contributed by atoms with Gasteiger partial charge in [0.05, 0.1) is 11.7 Å². The van der Waals surface area contributed by atoms with Gasteiger partial charge in [0.25, 0.3) is 0 Å². The van der Waals surface area contributed by atoms with Crippen LogP contribution >= 0.6 is 0 Å². The predicted octanol–water partition coefficient (Wildman–Crippen LogP) is 3.89. The Hall–Kier alpha value is -0.0800. The highest BCUT2D eigenvalue weighted by molar-refractivity contribution is 4.92. The van der Waals surface area contributed by atoms with Crippen molar-refractivity contribution in [3.05, 3.63) is 0 Å². The SMILES string of the molecule is CCNCC(C)(C)CC1CCC2(CCCCC2)O1. The largest absolute Gasteiger partial charge is 0.372 e. The molecule has 2 nitrogen and oxygen atoms in total. The van der Waals surface area contributed by atoms with E-state index in [9.17, 15) is 0 Å². The van der Waals surface area contributed by atoms with E-state index in [1.165, 1.54) is 51.4 Å². The smallest absolute Gasteiger partial charge is 0.0687 e. The maximum atomic E-state index is 6.48. The Morgan fingerprint density at radius 2 is 1.89 bits per heavy atom. The van der Waals surface area contributed by atoms with E-state index < -0.39 is 0 Å². The average Bonchev–Trinajstić information content (AvgIpc) is 2.70. The van der Waals surface area contributed by atoms with Crippen molar-refractivity contribution >= 4 is 0 Å². The zero-order valence-corrected chi connectivity index (χ0v) is 12.6. The molecule has 0 bridgehead atoms. The molecule has 1 aliphatic heterocycles. The van der Waals surface area contributed by atoms with Crippen molar-refractivity contribution < 1.29 is 4.74 Å². The van der Waals surface area contributed by atoms with E-state index in [-0.39, 0.29) is 5.60 Å². The number of nitrogens with one attached hydrogen (secondary N) is 1. The lowest BCUT2D eigenvalue weighted by molar-refractivity contribution is -0.0744. The quantitative estimate of drug-likeness (QED) is 0.802. The summed E-state index contributed by atoms with van der Waals surface area (Å²) in [6, 6.07) is 0. The van der Waals surface area contributed by atoms with Gasteiger partial charge in [-0.05, 0) is 44.1 Å². The number of ether oxygens (including phenoxy) is 1. The molecule has 1 aliphatic carbocycles. The Morgan fingerprint density at radius 1 is 1.17 bits per heavy atom. The predicted molar refractivity (Wildman–Crippen MR) is 76.9 cm³/mol. The molecule has 1 N–H and O–H groups in total. The van der Waals surface area contributed by atoms with Gasteiger partial charge in [-0.15, -0.1) is 0 Å². The molecule has 1 spiro atoms. The maximum absolute atomic E-state index is 6.48. The van der Waals surface area contributed by atoms with Crippen LogP contribution in [0.15, 0.2) is 0 Å². The van der Waals surface area contributed by atoms with Gasteiger partial charge in [-0.3, -0.25) is 0 Å². The topological polar surface area (TPSA) is 21.3 Å². The second-order valence-electron chi connectivity index (χ2n) is 7.17. The fourth-order valence-corrected chi connectivity index (χ4v) is 3.76. The Kier molecular flexibility index (Phi) is 4.71. The Bertz CT molecular complexity index is 256. The standard InChI is InChI=1S/C16H31NO/c1-4-17-13-15(2,3)12-14-8-11-16(18-14)9-6-5-7-10-16/h14,17H,4-13H2,1-3H3. The monoisotopic (exact) mass is 253 g/mol. The third kappa shape index (κ3) is 3.71. The van der Waals surface area contributed by atoms with Gasteiger partial charge in [-0.2, -0.15) is 0 Å². The van der Waals surface area contributed by atoms with Crippen LogP contribution in [0.5, 0.6) is 0 Å². The van der Waals surface area contributed by atoms with Gasteiger partial charge in [0.1, 0.15) is 0 Å². The lowest BCUT2D eigenvalue weighted by atomic mass is 9.82. The molecule has 2 aliphatic rings. The fraction of sp³-hybridized carbons (Fsp3) is 1.00. The van der Waals surface area contributed by atoms with Crippen molar-refractivity contribution in [2.45, 2.75) is 83.8 Å². The van der Waals surface area contributed by atoms with Crippen molar-refractivity contribution in [3.8, 4) is 0 Å². The van der Waals surface area contributed by atoms with Crippen LogP contribution in [0.3, 0.4) is 0 Å². The zero-order chi connectivity index (χ0) is 13.1. The Morgan fingerprint density at radius 3 is 2.56 bits per heavy atom. The van der Waals surface area contributed by atoms with E-state index in [4.69, 9.17) is 4.74 Å². The maximum Gasteiger partial charge on any atom is 0.0687 e. The molecule has 2 rings (SSSR count). The fourth-order valence-electron chi connectivity index (χ4n) is 3.76. The third-order valence-corrected chi connectivity index (χ3v) is 4.74. The van der Waals surface area contributed by atoms with Gasteiger partial charge in [-0.25, -0.2) is 0 Å². The summed E-state index contributed by atoms with van der Waals surface area (Å²) in [5.74, 6) is 0. The molecule has 2 heteroatoms. The zero-order valence-electron chi connectivity index (χ0n) is 12.6. The molecule has 18 heavy (non-hydrogen) atoms. The Balaban J connectivity index is 1.81. The first-order chi connectivity index (χ1) is 8.55. The van der Waals surface area contributed by atoms with Gasteiger partial charge >= 0.3 is 0 Å². The summed E-state index contributed by atoms with van der Waals surface area (Å²) < 4.78 is 6.48. The minimum Gasteiger partial charge on any atom is -0.372 e. The lowest BCUT2D eigenvalue weighted by Crippen LogP contribution is -2.35. The molecule has 2 fully saturated rings. The summed E-state index contributed by atoms with van der Waals surface area (Å²) in [6.45, 7) is 9.09. The van der Waals surface area contributed by atoms with Crippen LogP contribution in [-0.2, 0) is 4.74 Å². The summed E-state index contributed by atoms with van der Waals surface area (Å²) in [7, 11) is 0. The van der Waals surface area contributed by atoms with Crippen LogP contribution in [0.2, 0.25) is 0 Å². The van der Waals surface area contributed by atoms with Gasteiger partial charge in [-0.1, -0.05) is 40.0 Å². The number of hydrogen-bond donors (Lipinski definition) is 1. The summed E-state index contributed by atoms with van der Waals surface area (Å²) in [6.07, 6.45) is 11.1. The highest BCUT2D eigenvalue weighted by atomic mass is 16.5. The first kappa shape index (κ1) is 14.3. The van der Waals surface area contributed by atoms with E-state index in [1.54, 1.807) is 0 Å². The molecule has 0 aromatic heterocycles. The molecule has 0 radical (unpaired) electrons. The molecular formula is C16H31NO. The van der Waals surface area contributed by atoms with E-state index in [0.717, 1.165) is 13.1 Å². The molecule has 1 saturated heterocycles. The minimum absolute atomic E-state index is 0.289. The van der Waals surface area contributed by atoms with Gasteiger partial charge in [0.15, 0.2) is 0 Å². The first-order valence-corrected chi connectivity index (χ1v) is 7.94. The third-order valence-electron chi connectivity index (χ3n) is 4.74. The van der Waals surface area contributed by atoms with Gasteiger partial charge in [0, 0.05) is 6.54 Å². The van der Waals surface area contributed by atoms with Gasteiger partial charge in [0.2, 0.25) is 0 Å². The van der Waals surface area contributed by atoms with Crippen molar-refractivity contribution in [2.24, 2.45) is 5.41 Å². The molecule has 106 valence electrons. The van der Waals surface area contributed by atoms with Crippen LogP contribution in [0, 0.1) is 5.41 Å². The summed E-state index contributed by atoms with van der Waals surface area (Å²) in [5.41, 5.74) is 0.651. The van der Waals surface area contributed by atoms with E-state index in [2.05, 4.69) is 26.1 Å². The summed E-state index contributed by atoms with van der Waals surface area (Å²) >= 11 is 0. The van der Waals surface area contributed by atoms with Crippen LogP contribution in [-0.4, -0.2) is 24.8 Å². The minimum atomic E-state index is 0.289. The van der Waals surface area contributed by atoms with Crippen molar-refractivity contribution in [1.82, 2.24) is 5.32 Å². The molecule has 0 aromatic rings. The molecule has 0 aromatic carbocycles. The van der Waals surface area contributed by atoms with Crippen molar-refractivity contribution in [1.29, 1.82) is 0 Å². The second-order valence-corrected chi connectivity index (χ2v) is 7.17. The molecule has 1 unspecified atom stereocenters. The van der Waals surface area contributed by atoms with Crippen molar-refractivity contribution in [2.75, 3.05) is 13.1 Å². The van der Waals surface area contributed by atoms with E-state index >= 15 is 0 Å². The summed E-state index contributed by atoms with van der Waals surface area (Å²) in [4.78, 5) is 0. The molecule has 1 atom stereocenters. The Labute approximate surface area is 113 Å². The van der Waals surface area contributed by atoms with Crippen LogP contribution < -0.4 is 5.32 Å².